The number of aliphatic hydroxyl groups excluding tert-OH is 2. The van der Waals surface area contributed by atoms with Crippen LogP contribution in [0.15, 0.2) is 18.2 Å². The fourth-order valence-corrected chi connectivity index (χ4v) is 1.88. The molecule has 0 fully saturated rings. The number of amides is 1. The Morgan fingerprint density at radius 2 is 2.32 bits per heavy atom. The standard InChI is InChI=1S/C13H18N2O4/c1-15-11-4-9(5-14-6-10(17)7-16)2-3-12(11)19-8-13(15)18/h2-4,10,14,16-17H,5-8H2,1H3. The largest absolute Gasteiger partial charge is 0.482 e. The van der Waals surface area contributed by atoms with Gasteiger partial charge in [-0.1, -0.05) is 6.07 Å². The number of likely N-dealkylation sites (N-methyl/N-ethyl adjacent to an activating group) is 1. The Hall–Kier alpha value is -1.63. The molecule has 6 nitrogen and oxygen atoms in total. The van der Waals surface area contributed by atoms with Crippen molar-refractivity contribution in [1.29, 1.82) is 0 Å². The Morgan fingerprint density at radius 3 is 3.05 bits per heavy atom. The van der Waals surface area contributed by atoms with Crippen molar-refractivity contribution in [2.24, 2.45) is 0 Å². The summed E-state index contributed by atoms with van der Waals surface area (Å²) in [7, 11) is 1.72. The first-order valence-electron chi connectivity index (χ1n) is 6.13. The van der Waals surface area contributed by atoms with E-state index in [1.54, 1.807) is 11.9 Å². The summed E-state index contributed by atoms with van der Waals surface area (Å²) in [6.07, 6.45) is -0.759. The van der Waals surface area contributed by atoms with Crippen molar-refractivity contribution in [2.45, 2.75) is 12.6 Å². The van der Waals surface area contributed by atoms with Gasteiger partial charge in [0.05, 0.1) is 18.4 Å². The lowest BCUT2D eigenvalue weighted by Gasteiger charge is -2.26. The third-order valence-corrected chi connectivity index (χ3v) is 3.03. The predicted octanol–water partition coefficient (Wildman–Crippen LogP) is -0.515. The van der Waals surface area contributed by atoms with Crippen LogP contribution in [0.25, 0.3) is 0 Å². The molecule has 6 heteroatoms. The summed E-state index contributed by atoms with van der Waals surface area (Å²) >= 11 is 0. The first kappa shape index (κ1) is 13.8. The Bertz CT molecular complexity index is 464. The number of hydrogen-bond donors (Lipinski definition) is 3. The van der Waals surface area contributed by atoms with Crippen LogP contribution in [0.4, 0.5) is 5.69 Å². The van der Waals surface area contributed by atoms with Crippen molar-refractivity contribution < 1.29 is 19.7 Å². The molecule has 1 aliphatic heterocycles. The number of hydrogen-bond acceptors (Lipinski definition) is 5. The Kier molecular flexibility index (Phi) is 4.36. The maximum absolute atomic E-state index is 11.5. The van der Waals surface area contributed by atoms with E-state index in [0.29, 0.717) is 18.8 Å². The van der Waals surface area contributed by atoms with Gasteiger partial charge in [0.25, 0.3) is 5.91 Å². The van der Waals surface area contributed by atoms with Gasteiger partial charge in [0.15, 0.2) is 6.61 Å². The highest BCUT2D eigenvalue weighted by atomic mass is 16.5. The van der Waals surface area contributed by atoms with Crippen LogP contribution in [0, 0.1) is 0 Å². The second-order valence-electron chi connectivity index (χ2n) is 4.51. The molecule has 0 aliphatic carbocycles. The smallest absolute Gasteiger partial charge is 0.264 e. The highest BCUT2D eigenvalue weighted by molar-refractivity contribution is 5.97. The number of rotatable bonds is 5. The molecule has 19 heavy (non-hydrogen) atoms. The number of fused-ring (bicyclic) bond motifs is 1. The van der Waals surface area contributed by atoms with Crippen molar-refractivity contribution in [3.63, 3.8) is 0 Å². The molecule has 1 atom stereocenters. The summed E-state index contributed by atoms with van der Waals surface area (Å²) in [5.74, 6) is 0.620. The van der Waals surface area contributed by atoms with Crippen LogP contribution in [-0.2, 0) is 11.3 Å². The molecule has 1 aromatic carbocycles. The van der Waals surface area contributed by atoms with Gasteiger partial charge in [-0.25, -0.2) is 0 Å². The molecule has 0 saturated carbocycles. The summed E-state index contributed by atoms with van der Waals surface area (Å²) in [4.78, 5) is 13.1. The molecule has 1 amide bonds. The van der Waals surface area contributed by atoms with Gasteiger partial charge < -0.3 is 25.2 Å². The Balaban J connectivity index is 2.02. The molecule has 0 saturated heterocycles. The summed E-state index contributed by atoms with van der Waals surface area (Å²) in [5.41, 5.74) is 1.73. The van der Waals surface area contributed by atoms with Crippen molar-refractivity contribution in [1.82, 2.24) is 5.32 Å². The number of benzene rings is 1. The van der Waals surface area contributed by atoms with E-state index < -0.39 is 6.10 Å². The number of carbonyl (C=O) groups excluding carboxylic acids is 1. The molecule has 3 N–H and O–H groups in total. The minimum absolute atomic E-state index is 0.0732. The van der Waals surface area contributed by atoms with Crippen molar-refractivity contribution in [2.75, 3.05) is 31.7 Å². The molecule has 0 spiro atoms. The molecule has 0 bridgehead atoms. The maximum atomic E-state index is 11.5. The molecule has 1 unspecified atom stereocenters. The molecule has 1 heterocycles. The van der Waals surface area contributed by atoms with E-state index >= 15 is 0 Å². The molecular weight excluding hydrogens is 248 g/mol. The van der Waals surface area contributed by atoms with Gasteiger partial charge in [-0.05, 0) is 17.7 Å². The quantitative estimate of drug-likeness (QED) is 0.668. The molecular formula is C13H18N2O4. The Labute approximate surface area is 111 Å². The fourth-order valence-electron chi connectivity index (χ4n) is 1.88. The van der Waals surface area contributed by atoms with Crippen molar-refractivity contribution in [3.8, 4) is 5.75 Å². The van der Waals surface area contributed by atoms with E-state index in [1.165, 1.54) is 0 Å². The highest BCUT2D eigenvalue weighted by Gasteiger charge is 2.22. The van der Waals surface area contributed by atoms with E-state index in [0.717, 1.165) is 11.3 Å². The van der Waals surface area contributed by atoms with Crippen molar-refractivity contribution in [3.05, 3.63) is 23.8 Å². The fraction of sp³-hybridized carbons (Fsp3) is 0.462. The molecule has 104 valence electrons. The predicted molar refractivity (Wildman–Crippen MR) is 70.1 cm³/mol. The lowest BCUT2D eigenvalue weighted by molar-refractivity contribution is -0.120. The average molecular weight is 266 g/mol. The molecule has 2 rings (SSSR count). The van der Waals surface area contributed by atoms with Crippen LogP contribution in [0.3, 0.4) is 0 Å². The molecule has 0 radical (unpaired) electrons. The lowest BCUT2D eigenvalue weighted by Crippen LogP contribution is -2.35. The van der Waals surface area contributed by atoms with Gasteiger partial charge in [-0.15, -0.1) is 0 Å². The first-order valence-corrected chi connectivity index (χ1v) is 6.13. The second kappa shape index (κ2) is 6.01. The molecule has 0 aromatic heterocycles. The van der Waals surface area contributed by atoms with E-state index in [9.17, 15) is 9.90 Å². The number of ether oxygens (including phenoxy) is 1. The highest BCUT2D eigenvalue weighted by Crippen LogP contribution is 2.31. The zero-order chi connectivity index (χ0) is 13.8. The summed E-state index contributed by atoms with van der Waals surface area (Å²) < 4.78 is 5.34. The van der Waals surface area contributed by atoms with Crippen LogP contribution < -0.4 is 15.0 Å². The van der Waals surface area contributed by atoms with Gasteiger partial charge in [-0.3, -0.25) is 4.79 Å². The Morgan fingerprint density at radius 1 is 1.53 bits per heavy atom. The minimum atomic E-state index is -0.759. The minimum Gasteiger partial charge on any atom is -0.482 e. The van der Waals surface area contributed by atoms with E-state index in [4.69, 9.17) is 9.84 Å². The van der Waals surface area contributed by atoms with E-state index in [2.05, 4.69) is 5.32 Å². The van der Waals surface area contributed by atoms with Gasteiger partial charge in [0.2, 0.25) is 0 Å². The maximum Gasteiger partial charge on any atom is 0.264 e. The zero-order valence-electron chi connectivity index (χ0n) is 10.8. The third kappa shape index (κ3) is 3.23. The van der Waals surface area contributed by atoms with Crippen molar-refractivity contribution >= 4 is 11.6 Å². The summed E-state index contributed by atoms with van der Waals surface area (Å²) in [6, 6.07) is 5.61. The monoisotopic (exact) mass is 266 g/mol. The summed E-state index contributed by atoms with van der Waals surface area (Å²) in [6.45, 7) is 0.678. The normalized spacial score (nSPS) is 15.9. The van der Waals surface area contributed by atoms with Crippen LogP contribution in [-0.4, -0.2) is 49.0 Å². The molecule has 1 aromatic rings. The van der Waals surface area contributed by atoms with E-state index in [1.807, 2.05) is 18.2 Å². The zero-order valence-corrected chi connectivity index (χ0v) is 10.8. The van der Waals surface area contributed by atoms with E-state index in [-0.39, 0.29) is 19.1 Å². The van der Waals surface area contributed by atoms with Gasteiger partial charge in [-0.2, -0.15) is 0 Å². The first-order chi connectivity index (χ1) is 9.11. The number of nitrogens with zero attached hydrogens (tertiary/aromatic N) is 1. The lowest BCUT2D eigenvalue weighted by atomic mass is 10.1. The van der Waals surface area contributed by atoms with Crippen LogP contribution in [0.2, 0.25) is 0 Å². The van der Waals surface area contributed by atoms with Crippen LogP contribution >= 0.6 is 0 Å². The number of nitrogens with one attached hydrogen (secondary N) is 1. The van der Waals surface area contributed by atoms with Crippen LogP contribution in [0.1, 0.15) is 5.56 Å². The molecule has 1 aliphatic rings. The summed E-state index contributed by atoms with van der Waals surface area (Å²) in [5, 5.41) is 21.0. The average Bonchev–Trinajstić information content (AvgIpc) is 2.43. The van der Waals surface area contributed by atoms with Crippen LogP contribution in [0.5, 0.6) is 5.75 Å². The second-order valence-corrected chi connectivity index (χ2v) is 4.51. The number of anilines is 1. The van der Waals surface area contributed by atoms with Gasteiger partial charge in [0, 0.05) is 20.1 Å². The SMILES string of the molecule is CN1C(=O)COc2ccc(CNCC(O)CO)cc21. The number of carbonyl (C=O) groups is 1. The third-order valence-electron chi connectivity index (χ3n) is 3.03. The topological polar surface area (TPSA) is 82.0 Å². The van der Waals surface area contributed by atoms with Gasteiger partial charge >= 0.3 is 0 Å². The van der Waals surface area contributed by atoms with Gasteiger partial charge in [0.1, 0.15) is 5.75 Å². The number of aliphatic hydroxyl groups is 2.